The van der Waals surface area contributed by atoms with Gasteiger partial charge in [-0.15, -0.1) is 0 Å². The van der Waals surface area contributed by atoms with Crippen LogP contribution in [0.4, 0.5) is 0 Å². The number of nitrogens with one attached hydrogen (secondary N) is 1. The molecule has 20 heavy (non-hydrogen) atoms. The van der Waals surface area contributed by atoms with E-state index >= 15 is 0 Å². The van der Waals surface area contributed by atoms with Crippen molar-refractivity contribution in [1.82, 2.24) is 15.2 Å². The SMILES string of the molecule is Cc1cnccc1C(c1ccsc1)N1CCCNCC1. The van der Waals surface area contributed by atoms with Crippen LogP contribution >= 0.6 is 11.3 Å². The summed E-state index contributed by atoms with van der Waals surface area (Å²) in [7, 11) is 0. The van der Waals surface area contributed by atoms with Crippen molar-refractivity contribution in [2.75, 3.05) is 26.2 Å². The Labute approximate surface area is 124 Å². The Morgan fingerprint density at radius 1 is 1.30 bits per heavy atom. The fourth-order valence-corrected chi connectivity index (χ4v) is 3.61. The Morgan fingerprint density at radius 2 is 2.25 bits per heavy atom. The van der Waals surface area contributed by atoms with Crippen LogP contribution in [0.2, 0.25) is 0 Å². The van der Waals surface area contributed by atoms with Crippen molar-refractivity contribution < 1.29 is 0 Å². The average molecular weight is 287 g/mol. The van der Waals surface area contributed by atoms with Crippen LogP contribution in [0, 0.1) is 6.92 Å². The summed E-state index contributed by atoms with van der Waals surface area (Å²) < 4.78 is 0. The van der Waals surface area contributed by atoms with Crippen LogP contribution in [0.1, 0.15) is 29.2 Å². The highest BCUT2D eigenvalue weighted by atomic mass is 32.1. The second kappa shape index (κ2) is 6.48. The third-order valence-corrected chi connectivity index (χ3v) is 4.66. The van der Waals surface area contributed by atoms with Crippen molar-refractivity contribution >= 4 is 11.3 Å². The van der Waals surface area contributed by atoms with Crippen LogP contribution in [0.3, 0.4) is 0 Å². The molecule has 1 aliphatic heterocycles. The van der Waals surface area contributed by atoms with E-state index in [2.05, 4.69) is 45.0 Å². The lowest BCUT2D eigenvalue weighted by Gasteiger charge is -2.31. The first kappa shape index (κ1) is 13.7. The van der Waals surface area contributed by atoms with Gasteiger partial charge in [0.05, 0.1) is 6.04 Å². The molecule has 0 bridgehead atoms. The smallest absolute Gasteiger partial charge is 0.0614 e. The average Bonchev–Trinajstić information content (AvgIpc) is 2.85. The predicted octanol–water partition coefficient (Wildman–Crippen LogP) is 2.84. The van der Waals surface area contributed by atoms with Gasteiger partial charge in [-0.1, -0.05) is 0 Å². The zero-order chi connectivity index (χ0) is 13.8. The van der Waals surface area contributed by atoms with Crippen LogP contribution in [0.25, 0.3) is 0 Å². The molecule has 106 valence electrons. The number of hydrogen-bond acceptors (Lipinski definition) is 4. The van der Waals surface area contributed by atoms with Crippen LogP contribution in [-0.4, -0.2) is 36.1 Å². The molecule has 2 aromatic heterocycles. The van der Waals surface area contributed by atoms with Crippen molar-refractivity contribution in [2.45, 2.75) is 19.4 Å². The summed E-state index contributed by atoms with van der Waals surface area (Å²) in [5, 5.41) is 7.95. The summed E-state index contributed by atoms with van der Waals surface area (Å²) in [6.07, 6.45) is 5.10. The van der Waals surface area contributed by atoms with Crippen LogP contribution < -0.4 is 5.32 Å². The molecule has 3 rings (SSSR count). The molecule has 4 heteroatoms. The Morgan fingerprint density at radius 3 is 3.05 bits per heavy atom. The molecule has 2 aromatic rings. The van der Waals surface area contributed by atoms with Crippen molar-refractivity contribution in [1.29, 1.82) is 0 Å². The quantitative estimate of drug-likeness (QED) is 0.941. The van der Waals surface area contributed by atoms with Gasteiger partial charge in [-0.05, 0) is 59.5 Å². The first-order chi connectivity index (χ1) is 9.86. The zero-order valence-electron chi connectivity index (χ0n) is 11.9. The lowest BCUT2D eigenvalue weighted by molar-refractivity contribution is 0.241. The van der Waals surface area contributed by atoms with E-state index in [0.717, 1.165) is 26.2 Å². The lowest BCUT2D eigenvalue weighted by atomic mass is 9.96. The maximum Gasteiger partial charge on any atom is 0.0614 e. The molecule has 1 aliphatic rings. The van der Waals surface area contributed by atoms with E-state index in [1.165, 1.54) is 23.1 Å². The van der Waals surface area contributed by atoms with E-state index < -0.39 is 0 Å². The molecule has 1 saturated heterocycles. The third-order valence-electron chi connectivity index (χ3n) is 3.96. The highest BCUT2D eigenvalue weighted by Gasteiger charge is 2.24. The molecule has 1 atom stereocenters. The highest BCUT2D eigenvalue weighted by Crippen LogP contribution is 2.32. The molecule has 1 unspecified atom stereocenters. The Balaban J connectivity index is 1.98. The van der Waals surface area contributed by atoms with E-state index in [0.29, 0.717) is 6.04 Å². The zero-order valence-corrected chi connectivity index (χ0v) is 12.7. The lowest BCUT2D eigenvalue weighted by Crippen LogP contribution is -2.33. The maximum absolute atomic E-state index is 4.24. The third kappa shape index (κ3) is 2.92. The molecule has 0 saturated carbocycles. The van der Waals surface area contributed by atoms with Crippen molar-refractivity contribution in [3.05, 3.63) is 52.0 Å². The second-order valence-corrected chi connectivity index (χ2v) is 6.11. The minimum absolute atomic E-state index is 0.365. The maximum atomic E-state index is 4.24. The monoisotopic (exact) mass is 287 g/mol. The minimum Gasteiger partial charge on any atom is -0.315 e. The number of thiophene rings is 1. The summed E-state index contributed by atoms with van der Waals surface area (Å²) >= 11 is 1.78. The standard InChI is InChI=1S/C16H21N3S/c1-13-11-18-6-3-15(13)16(14-4-10-20-12-14)19-8-2-5-17-7-9-19/h3-4,6,10-12,16-17H,2,5,7-9H2,1H3. The molecule has 3 nitrogen and oxygen atoms in total. The molecular weight excluding hydrogens is 266 g/mol. The fraction of sp³-hybridized carbons (Fsp3) is 0.438. The van der Waals surface area contributed by atoms with Gasteiger partial charge in [-0.2, -0.15) is 11.3 Å². The molecule has 1 fully saturated rings. The molecule has 1 N–H and O–H groups in total. The summed E-state index contributed by atoms with van der Waals surface area (Å²) in [6.45, 7) is 6.61. The number of aromatic nitrogens is 1. The molecule has 0 aliphatic carbocycles. The van der Waals surface area contributed by atoms with E-state index in [-0.39, 0.29) is 0 Å². The van der Waals surface area contributed by atoms with Crippen LogP contribution in [0.15, 0.2) is 35.3 Å². The molecular formula is C16H21N3S. The first-order valence-electron chi connectivity index (χ1n) is 7.23. The van der Waals surface area contributed by atoms with Crippen LogP contribution in [0.5, 0.6) is 0 Å². The largest absolute Gasteiger partial charge is 0.315 e. The second-order valence-electron chi connectivity index (χ2n) is 5.33. The Kier molecular flexibility index (Phi) is 4.45. The Bertz CT molecular complexity index is 530. The van der Waals surface area contributed by atoms with E-state index in [1.807, 2.05) is 12.4 Å². The number of aryl methyl sites for hydroxylation is 1. The summed E-state index contributed by atoms with van der Waals surface area (Å²) in [5.41, 5.74) is 4.08. The van der Waals surface area contributed by atoms with E-state index in [4.69, 9.17) is 0 Å². The number of pyridine rings is 1. The van der Waals surface area contributed by atoms with Gasteiger partial charge in [0.25, 0.3) is 0 Å². The predicted molar refractivity (Wildman–Crippen MR) is 84.2 cm³/mol. The van der Waals surface area contributed by atoms with Gasteiger partial charge in [0.15, 0.2) is 0 Å². The van der Waals surface area contributed by atoms with Gasteiger partial charge < -0.3 is 5.32 Å². The minimum atomic E-state index is 0.365. The van der Waals surface area contributed by atoms with E-state index in [9.17, 15) is 0 Å². The van der Waals surface area contributed by atoms with Gasteiger partial charge in [-0.25, -0.2) is 0 Å². The van der Waals surface area contributed by atoms with Gasteiger partial charge >= 0.3 is 0 Å². The topological polar surface area (TPSA) is 28.2 Å². The fourth-order valence-electron chi connectivity index (χ4n) is 2.93. The van der Waals surface area contributed by atoms with E-state index in [1.54, 1.807) is 11.3 Å². The number of nitrogens with zero attached hydrogens (tertiary/aromatic N) is 2. The summed E-state index contributed by atoms with van der Waals surface area (Å²) in [4.78, 5) is 6.85. The van der Waals surface area contributed by atoms with Crippen molar-refractivity contribution in [3.8, 4) is 0 Å². The van der Waals surface area contributed by atoms with Gasteiger partial charge in [0, 0.05) is 32.0 Å². The van der Waals surface area contributed by atoms with Crippen molar-refractivity contribution in [3.63, 3.8) is 0 Å². The van der Waals surface area contributed by atoms with Gasteiger partial charge in [0.1, 0.15) is 0 Å². The molecule has 0 spiro atoms. The van der Waals surface area contributed by atoms with Crippen molar-refractivity contribution in [2.24, 2.45) is 0 Å². The normalized spacial score (nSPS) is 18.6. The number of hydrogen-bond donors (Lipinski definition) is 1. The molecule has 3 heterocycles. The van der Waals surface area contributed by atoms with Gasteiger partial charge in [-0.3, -0.25) is 9.88 Å². The highest BCUT2D eigenvalue weighted by molar-refractivity contribution is 7.08. The number of rotatable bonds is 3. The molecule has 0 aromatic carbocycles. The van der Waals surface area contributed by atoms with Gasteiger partial charge in [0.2, 0.25) is 0 Å². The molecule has 0 amide bonds. The first-order valence-corrected chi connectivity index (χ1v) is 8.18. The summed E-state index contributed by atoms with van der Waals surface area (Å²) in [5.74, 6) is 0. The Hall–Kier alpha value is -1.23. The molecule has 0 radical (unpaired) electrons. The van der Waals surface area contributed by atoms with Crippen LogP contribution in [-0.2, 0) is 0 Å². The summed E-state index contributed by atoms with van der Waals surface area (Å²) in [6, 6.07) is 4.80.